The Morgan fingerprint density at radius 2 is 1.67 bits per heavy atom. The second-order valence-corrected chi connectivity index (χ2v) is 0.854. The molecule has 0 aliphatic rings. The fourth-order valence-electron chi connectivity index (χ4n) is 0. The second-order valence-electron chi connectivity index (χ2n) is 0.854. The molecule has 0 fully saturated rings. The number of unbranched alkanes of at least 4 members (excludes halogenated alkanes) is 1. The van der Waals surface area contributed by atoms with Crippen molar-refractivity contribution in [3.63, 3.8) is 0 Å². The standard InChI is InChI=1S/C4H9.Li.Na/c1-3-4-2;;/h1,3-4H2,2H3;;/q-1;+1;. The van der Waals surface area contributed by atoms with Gasteiger partial charge in [0.2, 0.25) is 0 Å². The molecule has 0 rings (SSSR count). The van der Waals surface area contributed by atoms with Crippen LogP contribution in [0.4, 0.5) is 0 Å². The number of hydrogen-bond acceptors (Lipinski definition) is 0. The molecule has 0 atom stereocenters. The van der Waals surface area contributed by atoms with Crippen LogP contribution in [-0.4, -0.2) is 29.6 Å². The molecule has 0 saturated heterocycles. The Balaban J connectivity index is -0.0000000450. The zero-order valence-electron chi connectivity index (χ0n) is 5.12. The predicted molar refractivity (Wildman–Crippen MR) is 26.0 cm³/mol. The summed E-state index contributed by atoms with van der Waals surface area (Å²) >= 11 is 0. The fraction of sp³-hybridized carbons (Fsp3) is 0.750. The van der Waals surface area contributed by atoms with E-state index >= 15 is 0 Å². The Labute approximate surface area is 74.5 Å². The third kappa shape index (κ3) is 17.5. The second kappa shape index (κ2) is 16.0. The molecule has 0 N–H and O–H groups in total. The topological polar surface area (TPSA) is 0 Å². The minimum Gasteiger partial charge on any atom is -0.343 e. The molecular weight excluding hydrogens is 78.0 g/mol. The van der Waals surface area contributed by atoms with Gasteiger partial charge < -0.3 is 6.92 Å². The summed E-state index contributed by atoms with van der Waals surface area (Å²) < 4.78 is 0. The van der Waals surface area contributed by atoms with E-state index < -0.39 is 0 Å². The Morgan fingerprint density at radius 3 is 1.67 bits per heavy atom. The third-order valence-corrected chi connectivity index (χ3v) is 0.354. The molecule has 0 aromatic carbocycles. The molecule has 6 heavy (non-hydrogen) atoms. The van der Waals surface area contributed by atoms with E-state index in [0.717, 1.165) is 6.42 Å². The molecule has 0 aromatic rings. The maximum Gasteiger partial charge on any atom is 1.00 e. The van der Waals surface area contributed by atoms with Crippen LogP contribution in [0.1, 0.15) is 19.8 Å². The van der Waals surface area contributed by atoms with Crippen LogP contribution in [0.25, 0.3) is 0 Å². The van der Waals surface area contributed by atoms with Crippen molar-refractivity contribution in [2.75, 3.05) is 0 Å². The molecule has 27 valence electrons. The van der Waals surface area contributed by atoms with Gasteiger partial charge in [-0.1, -0.05) is 13.3 Å². The van der Waals surface area contributed by atoms with Gasteiger partial charge in [0.1, 0.15) is 0 Å². The molecule has 2 heteroatoms. The Morgan fingerprint density at radius 1 is 1.50 bits per heavy atom. The van der Waals surface area contributed by atoms with Crippen molar-refractivity contribution in [2.45, 2.75) is 19.8 Å². The van der Waals surface area contributed by atoms with Gasteiger partial charge in [0.05, 0.1) is 0 Å². The maximum absolute atomic E-state index is 3.60. The van der Waals surface area contributed by atoms with Gasteiger partial charge in [0.15, 0.2) is 0 Å². The summed E-state index contributed by atoms with van der Waals surface area (Å²) in [5.41, 5.74) is 0. The summed E-state index contributed by atoms with van der Waals surface area (Å²) in [4.78, 5) is 0. The molecule has 0 aliphatic carbocycles. The maximum atomic E-state index is 3.60. The molecule has 1 radical (unpaired) electrons. The summed E-state index contributed by atoms with van der Waals surface area (Å²) in [6.45, 7) is 5.72. The van der Waals surface area contributed by atoms with Gasteiger partial charge in [-0.25, -0.2) is 0 Å². The third-order valence-electron chi connectivity index (χ3n) is 0.354. The normalized spacial score (nSPS) is 5.00. The molecule has 0 saturated carbocycles. The van der Waals surface area contributed by atoms with Crippen molar-refractivity contribution in [2.24, 2.45) is 0 Å². The summed E-state index contributed by atoms with van der Waals surface area (Å²) in [6.07, 6.45) is 2.28. The van der Waals surface area contributed by atoms with Crippen LogP contribution in [-0.2, 0) is 0 Å². The van der Waals surface area contributed by atoms with Gasteiger partial charge in [-0.3, -0.25) is 0 Å². The number of rotatable bonds is 1. The van der Waals surface area contributed by atoms with E-state index in [0.29, 0.717) is 0 Å². The number of hydrogen-bond donors (Lipinski definition) is 0. The molecule has 0 bridgehead atoms. The van der Waals surface area contributed by atoms with Crippen LogP contribution >= 0.6 is 0 Å². The smallest absolute Gasteiger partial charge is 0.343 e. The molecule has 0 spiro atoms. The van der Waals surface area contributed by atoms with Gasteiger partial charge in [-0.15, -0.1) is 0 Å². The van der Waals surface area contributed by atoms with Crippen molar-refractivity contribution in [1.29, 1.82) is 0 Å². The van der Waals surface area contributed by atoms with Crippen LogP contribution < -0.4 is 18.9 Å². The van der Waals surface area contributed by atoms with Crippen LogP contribution in [0.3, 0.4) is 0 Å². The molecule has 0 amide bonds. The van der Waals surface area contributed by atoms with Gasteiger partial charge in [-0.2, -0.15) is 6.42 Å². The van der Waals surface area contributed by atoms with Gasteiger partial charge >= 0.3 is 18.9 Å². The Hall–Kier alpha value is 1.60. The van der Waals surface area contributed by atoms with Gasteiger partial charge in [0, 0.05) is 29.6 Å². The van der Waals surface area contributed by atoms with Crippen molar-refractivity contribution in [3.8, 4) is 0 Å². The largest absolute Gasteiger partial charge is 1.00 e. The fourth-order valence-corrected chi connectivity index (χ4v) is 0. The summed E-state index contributed by atoms with van der Waals surface area (Å²) in [6, 6.07) is 0. The molecule has 0 nitrogen and oxygen atoms in total. The van der Waals surface area contributed by atoms with Crippen molar-refractivity contribution < 1.29 is 18.9 Å². The van der Waals surface area contributed by atoms with Crippen LogP contribution in [0.2, 0.25) is 0 Å². The van der Waals surface area contributed by atoms with Crippen molar-refractivity contribution in [1.82, 2.24) is 0 Å². The molecule has 0 aromatic heterocycles. The van der Waals surface area contributed by atoms with E-state index in [1.54, 1.807) is 0 Å². The summed E-state index contributed by atoms with van der Waals surface area (Å²) in [7, 11) is 0. The first-order valence-electron chi connectivity index (χ1n) is 1.71. The van der Waals surface area contributed by atoms with E-state index in [-0.39, 0.29) is 48.4 Å². The Kier molecular flexibility index (Phi) is 41.6. The van der Waals surface area contributed by atoms with E-state index in [2.05, 4.69) is 13.8 Å². The SMILES string of the molecule is [CH2-]CCC.[Li+].[Na]. The first-order valence-corrected chi connectivity index (χ1v) is 1.71. The monoisotopic (exact) mass is 87.1 g/mol. The molecule has 0 heterocycles. The first-order chi connectivity index (χ1) is 1.91. The van der Waals surface area contributed by atoms with Gasteiger partial charge in [-0.05, 0) is 0 Å². The zero-order valence-corrected chi connectivity index (χ0v) is 7.12. The van der Waals surface area contributed by atoms with Crippen molar-refractivity contribution in [3.05, 3.63) is 6.92 Å². The zero-order chi connectivity index (χ0) is 3.41. The molecule has 0 aliphatic heterocycles. The summed E-state index contributed by atoms with van der Waals surface area (Å²) in [5, 5.41) is 0. The molecular formula is C4H9LiNa. The van der Waals surface area contributed by atoms with Crippen LogP contribution in [0.5, 0.6) is 0 Å². The van der Waals surface area contributed by atoms with Crippen LogP contribution in [0.15, 0.2) is 0 Å². The van der Waals surface area contributed by atoms with Crippen LogP contribution in [0, 0.1) is 6.92 Å². The quantitative estimate of drug-likeness (QED) is 0.262. The van der Waals surface area contributed by atoms with Crippen molar-refractivity contribution >= 4 is 29.6 Å². The Bertz CT molecular complexity index is 9.51. The minimum atomic E-state index is 0. The van der Waals surface area contributed by atoms with E-state index in [1.165, 1.54) is 6.42 Å². The average Bonchev–Trinajstić information content (AvgIpc) is 1.37. The van der Waals surface area contributed by atoms with E-state index in [9.17, 15) is 0 Å². The predicted octanol–water partition coefficient (Wildman–Crippen LogP) is -1.76. The summed E-state index contributed by atoms with van der Waals surface area (Å²) in [5.74, 6) is 0. The van der Waals surface area contributed by atoms with E-state index in [1.807, 2.05) is 0 Å². The first kappa shape index (κ1) is 15.6. The average molecular weight is 87.0 g/mol. The minimum absolute atomic E-state index is 0. The molecule has 0 unspecified atom stereocenters. The van der Waals surface area contributed by atoms with Gasteiger partial charge in [0.25, 0.3) is 0 Å². The van der Waals surface area contributed by atoms with E-state index in [4.69, 9.17) is 0 Å².